The molecule has 0 aliphatic heterocycles. The molecule has 0 saturated carbocycles. The number of aromatic nitrogens is 1. The number of carbonyl (C=O) groups excluding carboxylic acids is 1. The van der Waals surface area contributed by atoms with Gasteiger partial charge in [0.25, 0.3) is 0 Å². The second kappa shape index (κ2) is 7.18. The Morgan fingerprint density at radius 1 is 1.17 bits per heavy atom. The monoisotopic (exact) mass is 343 g/mol. The second-order valence-corrected chi connectivity index (χ2v) is 6.06. The molecule has 6 nitrogen and oxygen atoms in total. The van der Waals surface area contributed by atoms with Crippen molar-refractivity contribution in [2.45, 2.75) is 6.54 Å². The number of nitrogens with one attached hydrogen (secondary N) is 2. The van der Waals surface area contributed by atoms with E-state index in [0.29, 0.717) is 23.7 Å². The molecule has 0 saturated heterocycles. The number of benzene rings is 2. The molecular formula is C17H17N3O3S. The molecule has 2 aromatic carbocycles. The molecule has 0 unspecified atom stereocenters. The number of hydrogen-bond donors (Lipinski definition) is 2. The fourth-order valence-electron chi connectivity index (χ4n) is 2.22. The molecule has 2 amide bonds. The smallest absolute Gasteiger partial charge is 0.319 e. The quantitative estimate of drug-likeness (QED) is 0.742. The Morgan fingerprint density at radius 3 is 2.75 bits per heavy atom. The molecule has 3 aromatic rings. The van der Waals surface area contributed by atoms with Crippen molar-refractivity contribution in [2.24, 2.45) is 0 Å². The topological polar surface area (TPSA) is 72.5 Å². The zero-order valence-electron chi connectivity index (χ0n) is 13.3. The van der Waals surface area contributed by atoms with Crippen LogP contribution in [0.2, 0.25) is 0 Å². The molecule has 0 spiro atoms. The van der Waals surface area contributed by atoms with E-state index in [1.807, 2.05) is 24.3 Å². The number of rotatable bonds is 5. The zero-order chi connectivity index (χ0) is 16.9. The molecule has 0 aliphatic rings. The predicted molar refractivity (Wildman–Crippen MR) is 95.0 cm³/mol. The van der Waals surface area contributed by atoms with Gasteiger partial charge < -0.3 is 20.1 Å². The van der Waals surface area contributed by atoms with Gasteiger partial charge in [0.05, 0.1) is 36.7 Å². The maximum absolute atomic E-state index is 12.1. The van der Waals surface area contributed by atoms with E-state index in [2.05, 4.69) is 15.6 Å². The number of nitrogens with zero attached hydrogens (tertiary/aromatic N) is 1. The minimum atomic E-state index is -0.322. The van der Waals surface area contributed by atoms with E-state index in [1.54, 1.807) is 43.8 Å². The van der Waals surface area contributed by atoms with Gasteiger partial charge in [-0.3, -0.25) is 0 Å². The van der Waals surface area contributed by atoms with Crippen molar-refractivity contribution < 1.29 is 14.3 Å². The van der Waals surface area contributed by atoms with Crippen LogP contribution in [0.5, 0.6) is 11.5 Å². The molecule has 7 heteroatoms. The summed E-state index contributed by atoms with van der Waals surface area (Å²) in [7, 11) is 3.12. The molecule has 24 heavy (non-hydrogen) atoms. The highest BCUT2D eigenvalue weighted by molar-refractivity contribution is 7.18. The first kappa shape index (κ1) is 16.1. The van der Waals surface area contributed by atoms with Crippen molar-refractivity contribution >= 4 is 33.3 Å². The van der Waals surface area contributed by atoms with Gasteiger partial charge in [0.1, 0.15) is 16.5 Å². The number of amides is 2. The minimum absolute atomic E-state index is 0.322. The summed E-state index contributed by atoms with van der Waals surface area (Å²) in [5, 5.41) is 6.42. The zero-order valence-corrected chi connectivity index (χ0v) is 14.1. The maximum atomic E-state index is 12.1. The van der Waals surface area contributed by atoms with Gasteiger partial charge in [0.15, 0.2) is 0 Å². The van der Waals surface area contributed by atoms with Crippen molar-refractivity contribution in [3.63, 3.8) is 0 Å². The number of ether oxygens (including phenoxy) is 2. The third kappa shape index (κ3) is 3.57. The summed E-state index contributed by atoms with van der Waals surface area (Å²) < 4.78 is 11.5. The minimum Gasteiger partial charge on any atom is -0.497 e. The molecule has 0 fully saturated rings. The number of fused-ring (bicyclic) bond motifs is 1. The van der Waals surface area contributed by atoms with E-state index < -0.39 is 0 Å². The van der Waals surface area contributed by atoms with E-state index in [0.717, 1.165) is 15.2 Å². The lowest BCUT2D eigenvalue weighted by Crippen LogP contribution is -2.28. The van der Waals surface area contributed by atoms with Crippen LogP contribution in [0.4, 0.5) is 10.5 Å². The molecule has 1 aromatic heterocycles. The van der Waals surface area contributed by atoms with Crippen LogP contribution >= 0.6 is 11.3 Å². The van der Waals surface area contributed by atoms with Gasteiger partial charge in [-0.05, 0) is 24.3 Å². The van der Waals surface area contributed by atoms with E-state index >= 15 is 0 Å². The average molecular weight is 343 g/mol. The summed E-state index contributed by atoms with van der Waals surface area (Å²) in [5.41, 5.74) is 1.51. The molecule has 124 valence electrons. The summed E-state index contributed by atoms with van der Waals surface area (Å²) in [6, 6.07) is 12.8. The van der Waals surface area contributed by atoms with Crippen molar-refractivity contribution in [3.05, 3.63) is 47.5 Å². The SMILES string of the molecule is COc1ccc(NC(=O)NCc2nc3ccccc3s2)c(OC)c1. The first-order chi connectivity index (χ1) is 11.7. The van der Waals surface area contributed by atoms with Crippen molar-refractivity contribution in [1.29, 1.82) is 0 Å². The van der Waals surface area contributed by atoms with Crippen LogP contribution < -0.4 is 20.1 Å². The highest BCUT2D eigenvalue weighted by Crippen LogP contribution is 2.29. The van der Waals surface area contributed by atoms with Gasteiger partial charge in [-0.2, -0.15) is 0 Å². The van der Waals surface area contributed by atoms with Crippen LogP contribution in [-0.4, -0.2) is 25.2 Å². The molecule has 0 aliphatic carbocycles. The van der Waals surface area contributed by atoms with Crippen LogP contribution in [0.3, 0.4) is 0 Å². The second-order valence-electron chi connectivity index (χ2n) is 4.95. The highest BCUT2D eigenvalue weighted by atomic mass is 32.1. The first-order valence-electron chi connectivity index (χ1n) is 7.31. The van der Waals surface area contributed by atoms with Crippen molar-refractivity contribution in [2.75, 3.05) is 19.5 Å². The molecule has 0 atom stereocenters. The van der Waals surface area contributed by atoms with E-state index in [9.17, 15) is 4.79 Å². The van der Waals surface area contributed by atoms with Crippen LogP contribution in [0.25, 0.3) is 10.2 Å². The lowest BCUT2D eigenvalue weighted by Gasteiger charge is -2.12. The third-order valence-corrected chi connectivity index (χ3v) is 4.43. The molecule has 2 N–H and O–H groups in total. The van der Waals surface area contributed by atoms with Crippen LogP contribution in [0.1, 0.15) is 5.01 Å². The van der Waals surface area contributed by atoms with Gasteiger partial charge in [0, 0.05) is 6.07 Å². The van der Waals surface area contributed by atoms with Gasteiger partial charge in [0.2, 0.25) is 0 Å². The fraction of sp³-hybridized carbons (Fsp3) is 0.176. The number of urea groups is 1. The van der Waals surface area contributed by atoms with Gasteiger partial charge >= 0.3 is 6.03 Å². The van der Waals surface area contributed by atoms with E-state index in [1.165, 1.54) is 0 Å². The number of para-hydroxylation sites is 1. The predicted octanol–water partition coefficient (Wildman–Crippen LogP) is 3.64. The Hall–Kier alpha value is -2.80. The molecule has 0 radical (unpaired) electrons. The van der Waals surface area contributed by atoms with Crippen LogP contribution in [0.15, 0.2) is 42.5 Å². The first-order valence-corrected chi connectivity index (χ1v) is 8.12. The third-order valence-electron chi connectivity index (χ3n) is 3.40. The average Bonchev–Trinajstić information content (AvgIpc) is 3.03. The molecule has 1 heterocycles. The summed E-state index contributed by atoms with van der Waals surface area (Å²) in [6.07, 6.45) is 0. The number of thiazole rings is 1. The number of methoxy groups -OCH3 is 2. The lowest BCUT2D eigenvalue weighted by molar-refractivity contribution is 0.251. The van der Waals surface area contributed by atoms with Crippen LogP contribution in [-0.2, 0) is 6.54 Å². The number of anilines is 1. The van der Waals surface area contributed by atoms with E-state index in [4.69, 9.17) is 9.47 Å². The van der Waals surface area contributed by atoms with Crippen molar-refractivity contribution in [1.82, 2.24) is 10.3 Å². The summed E-state index contributed by atoms with van der Waals surface area (Å²) in [6.45, 7) is 0.365. The normalized spacial score (nSPS) is 10.4. The standard InChI is InChI=1S/C17H17N3O3S/c1-22-11-7-8-12(14(9-11)23-2)20-17(21)18-10-16-19-13-5-3-4-6-15(13)24-16/h3-9H,10H2,1-2H3,(H2,18,20,21). The van der Waals surface area contributed by atoms with E-state index in [-0.39, 0.29) is 6.03 Å². The van der Waals surface area contributed by atoms with Gasteiger partial charge in [-0.25, -0.2) is 9.78 Å². The van der Waals surface area contributed by atoms with Gasteiger partial charge in [-0.15, -0.1) is 11.3 Å². The molecule has 0 bridgehead atoms. The Labute approximate surface area is 143 Å². The van der Waals surface area contributed by atoms with Crippen molar-refractivity contribution in [3.8, 4) is 11.5 Å². The number of hydrogen-bond acceptors (Lipinski definition) is 5. The summed E-state index contributed by atoms with van der Waals surface area (Å²) in [5.74, 6) is 1.19. The largest absolute Gasteiger partial charge is 0.497 e. The molecule has 3 rings (SSSR count). The molecular weight excluding hydrogens is 326 g/mol. The fourth-order valence-corrected chi connectivity index (χ4v) is 3.13. The Bertz CT molecular complexity index is 830. The summed E-state index contributed by atoms with van der Waals surface area (Å²) in [4.78, 5) is 16.6. The Morgan fingerprint density at radius 2 is 2.00 bits per heavy atom. The van der Waals surface area contributed by atoms with Crippen LogP contribution in [0, 0.1) is 0 Å². The highest BCUT2D eigenvalue weighted by Gasteiger charge is 2.10. The summed E-state index contributed by atoms with van der Waals surface area (Å²) >= 11 is 1.56. The lowest BCUT2D eigenvalue weighted by atomic mass is 10.2. The maximum Gasteiger partial charge on any atom is 0.319 e. The Balaban J connectivity index is 1.63. The number of carbonyl (C=O) groups is 1. The Kier molecular flexibility index (Phi) is 4.81. The van der Waals surface area contributed by atoms with Gasteiger partial charge in [-0.1, -0.05) is 12.1 Å².